The summed E-state index contributed by atoms with van der Waals surface area (Å²) in [6.45, 7) is 3.29. The molecule has 0 bridgehead atoms. The number of carbonyl (C=O) groups excluding carboxylic acids is 3. The SMILES string of the molecule is CCN1C(=O)C[C@H](Sc2ccccc2C(=O)N2CCc3nc[nH]c3C2)C1=O. The number of likely N-dealkylation sites (tertiary alicyclic amines) is 1. The number of aromatic nitrogens is 2. The van der Waals surface area contributed by atoms with E-state index in [4.69, 9.17) is 0 Å². The van der Waals surface area contributed by atoms with Crippen molar-refractivity contribution in [2.75, 3.05) is 13.1 Å². The van der Waals surface area contributed by atoms with Crippen LogP contribution >= 0.6 is 11.8 Å². The Morgan fingerprint density at radius 2 is 2.15 bits per heavy atom. The maximum absolute atomic E-state index is 13.1. The minimum absolute atomic E-state index is 0.0672. The molecule has 140 valence electrons. The molecule has 2 aliphatic heterocycles. The molecule has 3 heterocycles. The van der Waals surface area contributed by atoms with E-state index < -0.39 is 5.25 Å². The lowest BCUT2D eigenvalue weighted by molar-refractivity contribution is -0.137. The minimum atomic E-state index is -0.466. The fourth-order valence-corrected chi connectivity index (χ4v) is 4.73. The second-order valence-electron chi connectivity index (χ2n) is 6.59. The maximum atomic E-state index is 13.1. The van der Waals surface area contributed by atoms with Crippen molar-refractivity contribution in [2.24, 2.45) is 0 Å². The van der Waals surface area contributed by atoms with Crippen molar-refractivity contribution in [1.82, 2.24) is 19.8 Å². The van der Waals surface area contributed by atoms with Crippen molar-refractivity contribution < 1.29 is 14.4 Å². The first kappa shape index (κ1) is 17.8. The fraction of sp³-hybridized carbons (Fsp3) is 0.368. The van der Waals surface area contributed by atoms with Gasteiger partial charge in [0.25, 0.3) is 5.91 Å². The number of H-pyrrole nitrogens is 1. The van der Waals surface area contributed by atoms with E-state index in [2.05, 4.69) is 9.97 Å². The molecule has 1 aromatic carbocycles. The van der Waals surface area contributed by atoms with Gasteiger partial charge in [-0.2, -0.15) is 0 Å². The van der Waals surface area contributed by atoms with E-state index >= 15 is 0 Å². The number of fused-ring (bicyclic) bond motifs is 1. The normalized spacial score (nSPS) is 19.5. The first-order valence-electron chi connectivity index (χ1n) is 8.98. The zero-order valence-corrected chi connectivity index (χ0v) is 15.8. The van der Waals surface area contributed by atoms with Crippen LogP contribution in [0.15, 0.2) is 35.5 Å². The predicted molar refractivity (Wildman–Crippen MR) is 100 cm³/mol. The third-order valence-electron chi connectivity index (χ3n) is 4.97. The molecule has 0 saturated carbocycles. The van der Waals surface area contributed by atoms with E-state index in [1.54, 1.807) is 24.2 Å². The molecular formula is C19H20N4O3S. The fourth-order valence-electron chi connectivity index (χ4n) is 3.53. The summed E-state index contributed by atoms with van der Waals surface area (Å²) in [7, 11) is 0. The molecule has 4 rings (SSSR count). The second-order valence-corrected chi connectivity index (χ2v) is 7.83. The van der Waals surface area contributed by atoms with Gasteiger partial charge in [-0.15, -0.1) is 11.8 Å². The number of nitrogens with one attached hydrogen (secondary N) is 1. The highest BCUT2D eigenvalue weighted by molar-refractivity contribution is 8.00. The summed E-state index contributed by atoms with van der Waals surface area (Å²) in [4.78, 5) is 48.7. The van der Waals surface area contributed by atoms with E-state index in [9.17, 15) is 14.4 Å². The highest BCUT2D eigenvalue weighted by atomic mass is 32.2. The third kappa shape index (κ3) is 3.25. The van der Waals surface area contributed by atoms with Gasteiger partial charge in [-0.25, -0.2) is 4.98 Å². The third-order valence-corrected chi connectivity index (χ3v) is 6.23. The summed E-state index contributed by atoms with van der Waals surface area (Å²) in [5.41, 5.74) is 2.55. The van der Waals surface area contributed by atoms with Crippen LogP contribution in [-0.4, -0.2) is 55.8 Å². The first-order chi connectivity index (χ1) is 13.1. The van der Waals surface area contributed by atoms with Crippen molar-refractivity contribution in [3.63, 3.8) is 0 Å². The first-order valence-corrected chi connectivity index (χ1v) is 9.86. The molecule has 0 unspecified atom stereocenters. The number of thioether (sulfide) groups is 1. The predicted octanol–water partition coefficient (Wildman–Crippen LogP) is 1.85. The van der Waals surface area contributed by atoms with Crippen LogP contribution < -0.4 is 0 Å². The summed E-state index contributed by atoms with van der Waals surface area (Å²) in [6.07, 6.45) is 2.56. The lowest BCUT2D eigenvalue weighted by Crippen LogP contribution is -2.36. The molecule has 1 aromatic heterocycles. The van der Waals surface area contributed by atoms with E-state index in [0.29, 0.717) is 25.2 Å². The van der Waals surface area contributed by atoms with Crippen LogP contribution in [0.3, 0.4) is 0 Å². The Labute approximate surface area is 161 Å². The van der Waals surface area contributed by atoms with Gasteiger partial charge < -0.3 is 9.88 Å². The lowest BCUT2D eigenvalue weighted by Gasteiger charge is -2.27. The summed E-state index contributed by atoms with van der Waals surface area (Å²) in [6, 6.07) is 7.30. The number of imide groups is 1. The van der Waals surface area contributed by atoms with Crippen molar-refractivity contribution >= 4 is 29.5 Å². The molecular weight excluding hydrogens is 364 g/mol. The van der Waals surface area contributed by atoms with Crippen LogP contribution in [0, 0.1) is 0 Å². The smallest absolute Gasteiger partial charge is 0.255 e. The standard InChI is InChI=1S/C19H20N4O3S/c1-2-23-17(24)9-16(19(23)26)27-15-6-4-3-5-12(15)18(25)22-8-7-13-14(10-22)21-11-20-13/h3-6,11,16H,2,7-10H2,1H3,(H,20,21)/t16-/m0/s1. The van der Waals surface area contributed by atoms with Gasteiger partial charge in [-0.3, -0.25) is 19.3 Å². The Balaban J connectivity index is 1.54. The van der Waals surface area contributed by atoms with Gasteiger partial charge in [0.1, 0.15) is 0 Å². The number of hydrogen-bond acceptors (Lipinski definition) is 5. The van der Waals surface area contributed by atoms with Gasteiger partial charge in [0.2, 0.25) is 11.8 Å². The summed E-state index contributed by atoms with van der Waals surface area (Å²) in [5.74, 6) is -0.385. The number of rotatable bonds is 4. The van der Waals surface area contributed by atoms with Crippen LogP contribution in [0.4, 0.5) is 0 Å². The van der Waals surface area contributed by atoms with E-state index in [1.807, 2.05) is 18.2 Å². The highest BCUT2D eigenvalue weighted by Gasteiger charge is 2.38. The minimum Gasteiger partial charge on any atom is -0.347 e. The van der Waals surface area contributed by atoms with Gasteiger partial charge in [0.15, 0.2) is 0 Å². The maximum Gasteiger partial charge on any atom is 0.255 e. The van der Waals surface area contributed by atoms with Crippen molar-refractivity contribution in [1.29, 1.82) is 0 Å². The lowest BCUT2D eigenvalue weighted by atomic mass is 10.1. The number of amides is 3. The van der Waals surface area contributed by atoms with Crippen molar-refractivity contribution in [3.8, 4) is 0 Å². The Morgan fingerprint density at radius 3 is 2.93 bits per heavy atom. The molecule has 0 spiro atoms. The van der Waals surface area contributed by atoms with Crippen molar-refractivity contribution in [3.05, 3.63) is 47.5 Å². The molecule has 1 fully saturated rings. The van der Waals surface area contributed by atoms with Crippen LogP contribution in [-0.2, 0) is 22.6 Å². The molecule has 0 aliphatic carbocycles. The molecule has 1 saturated heterocycles. The zero-order chi connectivity index (χ0) is 19.0. The zero-order valence-electron chi connectivity index (χ0n) is 15.0. The molecule has 1 N–H and O–H groups in total. The number of imidazole rings is 1. The Bertz CT molecular complexity index is 910. The van der Waals surface area contributed by atoms with Gasteiger partial charge in [0.05, 0.1) is 35.1 Å². The Morgan fingerprint density at radius 1 is 1.33 bits per heavy atom. The highest BCUT2D eigenvalue weighted by Crippen LogP contribution is 2.34. The van der Waals surface area contributed by atoms with Crippen LogP contribution in [0.2, 0.25) is 0 Å². The van der Waals surface area contributed by atoms with E-state index in [0.717, 1.165) is 22.7 Å². The van der Waals surface area contributed by atoms with Gasteiger partial charge in [-0.05, 0) is 19.1 Å². The molecule has 3 amide bonds. The van der Waals surface area contributed by atoms with Crippen molar-refractivity contribution in [2.45, 2.75) is 36.5 Å². The summed E-state index contributed by atoms with van der Waals surface area (Å²) in [5, 5.41) is -0.466. The molecule has 27 heavy (non-hydrogen) atoms. The van der Waals surface area contributed by atoms with Crippen LogP contribution in [0.25, 0.3) is 0 Å². The Kier molecular flexibility index (Phi) is 4.73. The number of aromatic amines is 1. The largest absolute Gasteiger partial charge is 0.347 e. The van der Waals surface area contributed by atoms with E-state index in [1.165, 1.54) is 16.7 Å². The molecule has 2 aromatic rings. The topological polar surface area (TPSA) is 86.4 Å². The second kappa shape index (κ2) is 7.19. The van der Waals surface area contributed by atoms with E-state index in [-0.39, 0.29) is 24.1 Å². The number of nitrogens with zero attached hydrogens (tertiary/aromatic N) is 3. The van der Waals surface area contributed by atoms with Gasteiger partial charge >= 0.3 is 0 Å². The Hall–Kier alpha value is -2.61. The number of benzene rings is 1. The average molecular weight is 384 g/mol. The monoisotopic (exact) mass is 384 g/mol. The molecule has 2 aliphatic rings. The molecule has 1 atom stereocenters. The quantitative estimate of drug-likeness (QED) is 0.813. The molecule has 7 nitrogen and oxygen atoms in total. The number of carbonyl (C=O) groups is 3. The number of hydrogen-bond donors (Lipinski definition) is 1. The molecule has 8 heteroatoms. The molecule has 0 radical (unpaired) electrons. The van der Waals surface area contributed by atoms with Crippen LogP contribution in [0.5, 0.6) is 0 Å². The average Bonchev–Trinajstić information content (AvgIpc) is 3.25. The summed E-state index contributed by atoms with van der Waals surface area (Å²) < 4.78 is 0. The summed E-state index contributed by atoms with van der Waals surface area (Å²) >= 11 is 1.31. The van der Waals surface area contributed by atoms with Crippen LogP contribution in [0.1, 0.15) is 35.1 Å². The van der Waals surface area contributed by atoms with Gasteiger partial charge in [0, 0.05) is 30.8 Å². The van der Waals surface area contributed by atoms with Gasteiger partial charge in [-0.1, -0.05) is 12.1 Å².